The summed E-state index contributed by atoms with van der Waals surface area (Å²) in [5.41, 5.74) is 1.21. The fourth-order valence-electron chi connectivity index (χ4n) is 1.76. The highest BCUT2D eigenvalue weighted by atomic mass is 32.2. The van der Waals surface area contributed by atoms with Crippen LogP contribution in [-0.4, -0.2) is 26.9 Å². The van der Waals surface area contributed by atoms with Crippen molar-refractivity contribution in [1.82, 2.24) is 4.31 Å². The fraction of sp³-hybridized carbons (Fsp3) is 0.538. The summed E-state index contributed by atoms with van der Waals surface area (Å²) in [7, 11) is 0.746. The van der Waals surface area contributed by atoms with Crippen LogP contribution in [0.3, 0.4) is 0 Å². The molecule has 1 fully saturated rings. The summed E-state index contributed by atoms with van der Waals surface area (Å²) in [5.74, 6) is 0.859. The quantitative estimate of drug-likeness (QED) is 0.775. The van der Waals surface area contributed by atoms with Gasteiger partial charge in [-0.15, -0.1) is 0 Å². The SMILES string of the molecule is COc1ccc([C@H]2CN2[S@](=O)C(C)(C)C)cc1. The molecular weight excluding hydrogens is 234 g/mol. The van der Waals surface area contributed by atoms with E-state index in [1.807, 2.05) is 49.3 Å². The second-order valence-electron chi connectivity index (χ2n) is 5.25. The molecule has 0 radical (unpaired) electrons. The van der Waals surface area contributed by atoms with E-state index in [1.165, 1.54) is 5.56 Å². The molecule has 1 heterocycles. The Labute approximate surface area is 105 Å². The lowest BCUT2D eigenvalue weighted by Gasteiger charge is -2.18. The standard InChI is InChI=1S/C13H19NO2S/c1-13(2,3)17(15)14-9-12(14)10-5-7-11(16-4)8-6-10/h5-8,12H,9H2,1-4H3/t12-,14?,17-/m1/s1. The van der Waals surface area contributed by atoms with Gasteiger partial charge in [0, 0.05) is 6.54 Å². The van der Waals surface area contributed by atoms with Gasteiger partial charge in [0.1, 0.15) is 16.7 Å². The Balaban J connectivity index is 2.05. The molecular formula is C13H19NO2S. The van der Waals surface area contributed by atoms with Crippen LogP contribution in [0.1, 0.15) is 32.4 Å². The van der Waals surface area contributed by atoms with E-state index in [0.29, 0.717) is 6.04 Å². The summed E-state index contributed by atoms with van der Waals surface area (Å²) < 4.78 is 19.1. The minimum absolute atomic E-state index is 0.179. The molecule has 0 bridgehead atoms. The van der Waals surface area contributed by atoms with Gasteiger partial charge < -0.3 is 4.74 Å². The average molecular weight is 253 g/mol. The Morgan fingerprint density at radius 1 is 1.29 bits per heavy atom. The number of methoxy groups -OCH3 is 1. The smallest absolute Gasteiger partial charge is 0.118 e. The van der Waals surface area contributed by atoms with Gasteiger partial charge in [0.05, 0.1) is 17.9 Å². The summed E-state index contributed by atoms with van der Waals surface area (Å²) in [6, 6.07) is 8.30. The van der Waals surface area contributed by atoms with Crippen LogP contribution in [0.2, 0.25) is 0 Å². The monoisotopic (exact) mass is 253 g/mol. The molecule has 17 heavy (non-hydrogen) atoms. The molecule has 0 N–H and O–H groups in total. The van der Waals surface area contributed by atoms with Crippen LogP contribution in [0.25, 0.3) is 0 Å². The molecule has 0 aromatic heterocycles. The van der Waals surface area contributed by atoms with Gasteiger partial charge >= 0.3 is 0 Å². The zero-order chi connectivity index (χ0) is 12.6. The third-order valence-electron chi connectivity index (χ3n) is 2.80. The van der Waals surface area contributed by atoms with Gasteiger partial charge in [-0.05, 0) is 38.5 Å². The molecule has 94 valence electrons. The molecule has 1 aliphatic heterocycles. The predicted octanol–water partition coefficient (Wildman–Crippen LogP) is 2.51. The predicted molar refractivity (Wildman–Crippen MR) is 70.3 cm³/mol. The Morgan fingerprint density at radius 2 is 1.88 bits per heavy atom. The second kappa shape index (κ2) is 4.42. The minimum Gasteiger partial charge on any atom is -0.497 e. The highest BCUT2D eigenvalue weighted by Crippen LogP contribution is 2.39. The maximum atomic E-state index is 12.1. The van der Waals surface area contributed by atoms with Crippen LogP contribution in [-0.2, 0) is 11.0 Å². The number of nitrogens with zero attached hydrogens (tertiary/aromatic N) is 1. The maximum Gasteiger partial charge on any atom is 0.118 e. The lowest BCUT2D eigenvalue weighted by atomic mass is 10.1. The van der Waals surface area contributed by atoms with Crippen LogP contribution >= 0.6 is 0 Å². The molecule has 0 amide bonds. The molecule has 0 saturated carbocycles. The van der Waals surface area contributed by atoms with Crippen molar-refractivity contribution >= 4 is 11.0 Å². The number of hydrogen-bond donors (Lipinski definition) is 0. The number of hydrogen-bond acceptors (Lipinski definition) is 2. The molecule has 4 heteroatoms. The summed E-state index contributed by atoms with van der Waals surface area (Å²) in [6.07, 6.45) is 0. The molecule has 3 nitrogen and oxygen atoms in total. The highest BCUT2D eigenvalue weighted by molar-refractivity contribution is 7.84. The maximum absolute atomic E-state index is 12.1. The van der Waals surface area contributed by atoms with E-state index >= 15 is 0 Å². The van der Waals surface area contributed by atoms with E-state index in [4.69, 9.17) is 4.74 Å². The van der Waals surface area contributed by atoms with Crippen LogP contribution in [0, 0.1) is 0 Å². The van der Waals surface area contributed by atoms with Gasteiger partial charge in [-0.2, -0.15) is 0 Å². The topological polar surface area (TPSA) is 29.3 Å². The first kappa shape index (κ1) is 12.6. The summed E-state index contributed by atoms with van der Waals surface area (Å²) in [5, 5.41) is 0. The Bertz CT molecular complexity index is 422. The van der Waals surface area contributed by atoms with Crippen molar-refractivity contribution in [2.75, 3.05) is 13.7 Å². The Hall–Kier alpha value is -0.870. The molecule has 0 aliphatic carbocycles. The van der Waals surface area contributed by atoms with E-state index in [2.05, 4.69) is 0 Å². The molecule has 1 aliphatic rings. The summed E-state index contributed by atoms with van der Waals surface area (Å²) >= 11 is 0. The summed E-state index contributed by atoms with van der Waals surface area (Å²) in [4.78, 5) is 0. The van der Waals surface area contributed by atoms with Gasteiger partial charge in [0.15, 0.2) is 0 Å². The van der Waals surface area contributed by atoms with Gasteiger partial charge in [0.2, 0.25) is 0 Å². The van der Waals surface area contributed by atoms with Crippen LogP contribution < -0.4 is 4.74 Å². The normalized spacial score (nSPS) is 25.4. The van der Waals surface area contributed by atoms with E-state index < -0.39 is 11.0 Å². The van der Waals surface area contributed by atoms with Crippen LogP contribution in [0.15, 0.2) is 24.3 Å². The van der Waals surface area contributed by atoms with Gasteiger partial charge in [-0.25, -0.2) is 8.51 Å². The van der Waals surface area contributed by atoms with E-state index in [9.17, 15) is 4.21 Å². The average Bonchev–Trinajstić information content (AvgIpc) is 3.07. The lowest BCUT2D eigenvalue weighted by molar-refractivity contribution is 0.414. The largest absolute Gasteiger partial charge is 0.497 e. The Kier molecular flexibility index (Phi) is 3.27. The number of benzene rings is 1. The third kappa shape index (κ3) is 2.69. The minimum atomic E-state index is -0.914. The zero-order valence-electron chi connectivity index (χ0n) is 10.8. The number of ether oxygens (including phenoxy) is 1. The zero-order valence-corrected chi connectivity index (χ0v) is 11.6. The fourth-order valence-corrected chi connectivity index (χ4v) is 3.09. The molecule has 3 atom stereocenters. The number of rotatable bonds is 3. The Morgan fingerprint density at radius 3 is 2.35 bits per heavy atom. The first-order chi connectivity index (χ1) is 7.93. The molecule has 1 aromatic rings. The van der Waals surface area contributed by atoms with Crippen molar-refractivity contribution in [2.24, 2.45) is 0 Å². The van der Waals surface area contributed by atoms with Gasteiger partial charge in [-0.1, -0.05) is 12.1 Å². The molecule has 1 unspecified atom stereocenters. The van der Waals surface area contributed by atoms with Crippen LogP contribution in [0.4, 0.5) is 0 Å². The first-order valence-corrected chi connectivity index (χ1v) is 6.87. The van der Waals surface area contributed by atoms with Crippen molar-refractivity contribution in [3.63, 3.8) is 0 Å². The van der Waals surface area contributed by atoms with Crippen molar-refractivity contribution in [3.8, 4) is 5.75 Å². The van der Waals surface area contributed by atoms with Crippen molar-refractivity contribution in [2.45, 2.75) is 31.6 Å². The van der Waals surface area contributed by atoms with Crippen LogP contribution in [0.5, 0.6) is 5.75 Å². The second-order valence-corrected chi connectivity index (χ2v) is 7.44. The molecule has 2 rings (SSSR count). The van der Waals surface area contributed by atoms with Crippen molar-refractivity contribution in [3.05, 3.63) is 29.8 Å². The molecule has 1 aromatic carbocycles. The molecule has 0 spiro atoms. The van der Waals surface area contributed by atoms with Gasteiger partial charge in [-0.3, -0.25) is 0 Å². The first-order valence-electron chi connectivity index (χ1n) is 5.76. The highest BCUT2D eigenvalue weighted by Gasteiger charge is 2.43. The van der Waals surface area contributed by atoms with E-state index in [1.54, 1.807) is 7.11 Å². The van der Waals surface area contributed by atoms with Gasteiger partial charge in [0.25, 0.3) is 0 Å². The van der Waals surface area contributed by atoms with E-state index in [0.717, 1.165) is 12.3 Å². The summed E-state index contributed by atoms with van der Waals surface area (Å²) in [6.45, 7) is 6.90. The van der Waals surface area contributed by atoms with Crippen molar-refractivity contribution in [1.29, 1.82) is 0 Å². The molecule has 1 saturated heterocycles. The van der Waals surface area contributed by atoms with Crippen molar-refractivity contribution < 1.29 is 8.95 Å². The third-order valence-corrected chi connectivity index (χ3v) is 4.68. The lowest BCUT2D eigenvalue weighted by Crippen LogP contribution is -2.27. The van der Waals surface area contributed by atoms with E-state index in [-0.39, 0.29) is 4.75 Å².